The van der Waals surface area contributed by atoms with Crippen LogP contribution in [0.5, 0.6) is 0 Å². The molecule has 0 aromatic rings. The highest BCUT2D eigenvalue weighted by atomic mass is 16.2. The summed E-state index contributed by atoms with van der Waals surface area (Å²) in [6.07, 6.45) is 21.2. The largest absolute Gasteiger partial charge is 0.356 e. The van der Waals surface area contributed by atoms with Gasteiger partial charge in [-0.05, 0) is 19.3 Å². The van der Waals surface area contributed by atoms with Crippen molar-refractivity contribution in [2.24, 2.45) is 0 Å². The molecular weight excluding hydrogens is 348 g/mol. The van der Waals surface area contributed by atoms with Gasteiger partial charge >= 0.3 is 0 Å². The quantitative estimate of drug-likeness (QED) is 0.224. The first-order valence-electron chi connectivity index (χ1n) is 12.2. The van der Waals surface area contributed by atoms with Crippen molar-refractivity contribution >= 4 is 11.8 Å². The van der Waals surface area contributed by atoms with Crippen molar-refractivity contribution in [1.82, 2.24) is 10.6 Å². The van der Waals surface area contributed by atoms with Gasteiger partial charge in [0.05, 0.1) is 0 Å². The molecule has 0 atom stereocenters. The second kappa shape index (κ2) is 22.2. The molecule has 0 aromatic carbocycles. The molecule has 0 saturated carbocycles. The monoisotopic (exact) mass is 396 g/mol. The van der Waals surface area contributed by atoms with Crippen molar-refractivity contribution in [3.63, 3.8) is 0 Å². The van der Waals surface area contributed by atoms with Crippen LogP contribution in [0.25, 0.3) is 0 Å². The van der Waals surface area contributed by atoms with Crippen LogP contribution in [0.3, 0.4) is 0 Å². The molecule has 0 unspecified atom stereocenters. The normalized spacial score (nSPS) is 10.8. The summed E-state index contributed by atoms with van der Waals surface area (Å²) in [7, 11) is 0. The van der Waals surface area contributed by atoms with Crippen LogP contribution >= 0.6 is 0 Å². The predicted molar refractivity (Wildman–Crippen MR) is 120 cm³/mol. The lowest BCUT2D eigenvalue weighted by Gasteiger charge is -2.06. The predicted octanol–water partition coefficient (Wildman–Crippen LogP) is 6.28. The Balaban J connectivity index is 3.23. The van der Waals surface area contributed by atoms with Gasteiger partial charge in [0, 0.05) is 25.9 Å². The molecule has 0 aliphatic heterocycles. The fraction of sp³-hybridized carbons (Fsp3) is 0.917. The number of amides is 2. The summed E-state index contributed by atoms with van der Waals surface area (Å²) in [6.45, 7) is 5.75. The Bertz CT molecular complexity index is 359. The number of unbranched alkanes of at least 4 members (excludes halogenated alkanes) is 13. The Morgan fingerprint density at radius 1 is 0.464 bits per heavy atom. The SMILES string of the molecule is CCCCCCCCCCCCCCCC(=O)NCCCC(=O)NCCCC. The molecule has 0 spiro atoms. The maximum Gasteiger partial charge on any atom is 0.220 e. The van der Waals surface area contributed by atoms with Crippen molar-refractivity contribution in [3.05, 3.63) is 0 Å². The first kappa shape index (κ1) is 26.9. The number of rotatable bonds is 21. The second-order valence-corrected chi connectivity index (χ2v) is 8.15. The van der Waals surface area contributed by atoms with Gasteiger partial charge in [0.2, 0.25) is 11.8 Å². The highest BCUT2D eigenvalue weighted by molar-refractivity contribution is 5.77. The van der Waals surface area contributed by atoms with Gasteiger partial charge < -0.3 is 10.6 Å². The molecule has 0 aliphatic carbocycles. The Morgan fingerprint density at radius 2 is 0.821 bits per heavy atom. The summed E-state index contributed by atoms with van der Waals surface area (Å²) in [6, 6.07) is 0. The zero-order valence-electron chi connectivity index (χ0n) is 19.0. The fourth-order valence-electron chi connectivity index (χ4n) is 3.36. The summed E-state index contributed by atoms with van der Waals surface area (Å²) in [5.74, 6) is 0.230. The summed E-state index contributed by atoms with van der Waals surface area (Å²) < 4.78 is 0. The lowest BCUT2D eigenvalue weighted by Crippen LogP contribution is -2.27. The van der Waals surface area contributed by atoms with E-state index in [-0.39, 0.29) is 11.8 Å². The lowest BCUT2D eigenvalue weighted by molar-refractivity contribution is -0.123. The van der Waals surface area contributed by atoms with Crippen LogP contribution in [0, 0.1) is 0 Å². The van der Waals surface area contributed by atoms with E-state index >= 15 is 0 Å². The van der Waals surface area contributed by atoms with Gasteiger partial charge in [-0.25, -0.2) is 0 Å². The molecule has 4 nitrogen and oxygen atoms in total. The molecule has 166 valence electrons. The molecule has 4 heteroatoms. The maximum atomic E-state index is 11.8. The number of nitrogens with one attached hydrogen (secondary N) is 2. The van der Waals surface area contributed by atoms with E-state index in [1.54, 1.807) is 0 Å². The zero-order valence-corrected chi connectivity index (χ0v) is 19.0. The average molecular weight is 397 g/mol. The fourth-order valence-corrected chi connectivity index (χ4v) is 3.36. The van der Waals surface area contributed by atoms with Crippen LogP contribution in [0.1, 0.15) is 129 Å². The summed E-state index contributed by atoms with van der Waals surface area (Å²) in [4.78, 5) is 23.3. The Morgan fingerprint density at radius 3 is 1.29 bits per heavy atom. The van der Waals surface area contributed by atoms with Gasteiger partial charge in [-0.15, -0.1) is 0 Å². The van der Waals surface area contributed by atoms with Gasteiger partial charge in [-0.3, -0.25) is 9.59 Å². The van der Waals surface area contributed by atoms with Gasteiger partial charge in [0.15, 0.2) is 0 Å². The van der Waals surface area contributed by atoms with E-state index in [1.807, 2.05) is 0 Å². The van der Waals surface area contributed by atoms with E-state index in [9.17, 15) is 9.59 Å². The van der Waals surface area contributed by atoms with Crippen LogP contribution in [0.2, 0.25) is 0 Å². The van der Waals surface area contributed by atoms with Crippen molar-refractivity contribution in [1.29, 1.82) is 0 Å². The molecule has 2 N–H and O–H groups in total. The number of carbonyl (C=O) groups is 2. The molecular formula is C24H48N2O2. The molecule has 0 rings (SSSR count). The van der Waals surface area contributed by atoms with Gasteiger partial charge in [-0.2, -0.15) is 0 Å². The van der Waals surface area contributed by atoms with Crippen molar-refractivity contribution in [3.8, 4) is 0 Å². The first-order chi connectivity index (χ1) is 13.7. The van der Waals surface area contributed by atoms with E-state index in [1.165, 1.54) is 70.6 Å². The van der Waals surface area contributed by atoms with Gasteiger partial charge in [0.25, 0.3) is 0 Å². The molecule has 0 aliphatic rings. The third-order valence-electron chi connectivity index (χ3n) is 5.26. The topological polar surface area (TPSA) is 58.2 Å². The second-order valence-electron chi connectivity index (χ2n) is 8.15. The summed E-state index contributed by atoms with van der Waals surface area (Å²) in [5, 5.41) is 5.83. The molecule has 0 radical (unpaired) electrons. The first-order valence-corrected chi connectivity index (χ1v) is 12.2. The van der Waals surface area contributed by atoms with Crippen molar-refractivity contribution < 1.29 is 9.59 Å². The third-order valence-corrected chi connectivity index (χ3v) is 5.26. The highest BCUT2D eigenvalue weighted by Crippen LogP contribution is 2.12. The standard InChI is InChI=1S/C24H48N2O2/c1-3-5-7-8-9-10-11-12-13-14-15-16-17-19-23(27)26-22-18-20-24(28)25-21-6-4-2/h3-22H2,1-2H3,(H,25,28)(H,26,27). The van der Waals surface area contributed by atoms with Crippen LogP contribution < -0.4 is 10.6 Å². The number of hydrogen-bond acceptors (Lipinski definition) is 2. The Hall–Kier alpha value is -1.06. The highest BCUT2D eigenvalue weighted by Gasteiger charge is 2.03. The molecule has 2 amide bonds. The summed E-state index contributed by atoms with van der Waals surface area (Å²) in [5.41, 5.74) is 0. The third kappa shape index (κ3) is 21.2. The minimum absolute atomic E-state index is 0.0965. The Labute approximate surface area is 175 Å². The van der Waals surface area contributed by atoms with E-state index < -0.39 is 0 Å². The van der Waals surface area contributed by atoms with Crippen molar-refractivity contribution in [2.45, 2.75) is 129 Å². The average Bonchev–Trinajstić information content (AvgIpc) is 2.69. The Kier molecular flexibility index (Phi) is 21.4. The molecule has 0 heterocycles. The van der Waals surface area contributed by atoms with Gasteiger partial charge in [0.1, 0.15) is 0 Å². The van der Waals surface area contributed by atoms with E-state index in [4.69, 9.17) is 0 Å². The zero-order chi connectivity index (χ0) is 20.7. The number of hydrogen-bond donors (Lipinski definition) is 2. The molecule has 0 bridgehead atoms. The van der Waals surface area contributed by atoms with Crippen LogP contribution in [-0.2, 0) is 9.59 Å². The lowest BCUT2D eigenvalue weighted by atomic mass is 10.0. The number of carbonyl (C=O) groups excluding carboxylic acids is 2. The molecule has 0 saturated heterocycles. The van der Waals surface area contributed by atoms with Crippen LogP contribution in [0.15, 0.2) is 0 Å². The maximum absolute atomic E-state index is 11.8. The van der Waals surface area contributed by atoms with Crippen molar-refractivity contribution in [2.75, 3.05) is 13.1 Å². The molecule has 28 heavy (non-hydrogen) atoms. The van der Waals surface area contributed by atoms with Gasteiger partial charge in [-0.1, -0.05) is 97.3 Å². The minimum atomic E-state index is 0.0965. The summed E-state index contributed by atoms with van der Waals surface area (Å²) >= 11 is 0. The van der Waals surface area contributed by atoms with E-state index in [2.05, 4.69) is 24.5 Å². The molecule has 0 fully saturated rings. The minimum Gasteiger partial charge on any atom is -0.356 e. The van der Waals surface area contributed by atoms with Crippen LogP contribution in [0.4, 0.5) is 0 Å². The smallest absolute Gasteiger partial charge is 0.220 e. The molecule has 0 aromatic heterocycles. The van der Waals surface area contributed by atoms with E-state index in [0.29, 0.717) is 19.4 Å². The van der Waals surface area contributed by atoms with E-state index in [0.717, 1.165) is 38.6 Å². The van der Waals surface area contributed by atoms with Crippen LogP contribution in [-0.4, -0.2) is 24.9 Å².